The molecule has 16 heavy (non-hydrogen) atoms. The minimum atomic E-state index is 0.634. The Bertz CT molecular complexity index is 494. The number of para-hydroxylation sites is 1. The Labute approximate surface area is 99.6 Å². The molecule has 0 aromatic heterocycles. The smallest absolute Gasteiger partial charge is 0.149 e. The number of nitrogens with two attached hydrogens (primary N) is 1. The molecule has 2 aromatic rings. The highest BCUT2D eigenvalue weighted by Gasteiger charge is 2.08. The second kappa shape index (κ2) is 4.45. The van der Waals surface area contributed by atoms with E-state index >= 15 is 0 Å². The predicted octanol–water partition coefficient (Wildman–Crippen LogP) is 3.60. The van der Waals surface area contributed by atoms with E-state index in [1.807, 2.05) is 42.5 Å². The van der Waals surface area contributed by atoms with Gasteiger partial charge in [-0.25, -0.2) is 0 Å². The lowest BCUT2D eigenvalue weighted by molar-refractivity contribution is 0.418. The highest BCUT2D eigenvalue weighted by atomic mass is 35.5. The zero-order valence-corrected chi connectivity index (χ0v) is 9.66. The van der Waals surface area contributed by atoms with Gasteiger partial charge in [-0.2, -0.15) is 0 Å². The van der Waals surface area contributed by atoms with Crippen LogP contribution in [0.1, 0.15) is 0 Å². The summed E-state index contributed by atoms with van der Waals surface area (Å²) < 4.78 is 5.30. The Morgan fingerprint density at radius 3 is 2.38 bits per heavy atom. The van der Waals surface area contributed by atoms with Crippen molar-refractivity contribution in [1.82, 2.24) is 0 Å². The Balaban J connectivity index is 2.55. The Morgan fingerprint density at radius 2 is 1.75 bits per heavy atom. The first kappa shape index (κ1) is 10.8. The maximum Gasteiger partial charge on any atom is 0.149 e. The molecule has 0 radical (unpaired) electrons. The number of methoxy groups -OCH3 is 1. The van der Waals surface area contributed by atoms with Crippen LogP contribution in [0.5, 0.6) is 5.75 Å². The number of ether oxygens (including phenoxy) is 1. The molecule has 0 bridgehead atoms. The fourth-order valence-electron chi connectivity index (χ4n) is 1.64. The highest BCUT2D eigenvalue weighted by molar-refractivity contribution is 6.30. The molecule has 0 aliphatic rings. The topological polar surface area (TPSA) is 35.2 Å². The van der Waals surface area contributed by atoms with Gasteiger partial charge >= 0.3 is 0 Å². The molecule has 0 spiro atoms. The van der Waals surface area contributed by atoms with Crippen molar-refractivity contribution < 1.29 is 4.74 Å². The minimum Gasteiger partial charge on any atom is -0.494 e. The Hall–Kier alpha value is -1.67. The third-order valence-corrected chi connectivity index (χ3v) is 2.66. The zero-order chi connectivity index (χ0) is 11.5. The monoisotopic (exact) mass is 233 g/mol. The molecule has 2 rings (SSSR count). The Morgan fingerprint density at radius 1 is 1.06 bits per heavy atom. The number of halogens is 1. The summed E-state index contributed by atoms with van der Waals surface area (Å²) >= 11 is 5.85. The second-order valence-corrected chi connectivity index (χ2v) is 3.87. The van der Waals surface area contributed by atoms with Crippen LogP contribution in [0.3, 0.4) is 0 Å². The molecule has 0 fully saturated rings. The molecule has 2 aromatic carbocycles. The van der Waals surface area contributed by atoms with Crippen molar-refractivity contribution in [1.29, 1.82) is 0 Å². The van der Waals surface area contributed by atoms with Gasteiger partial charge in [-0.05, 0) is 23.8 Å². The lowest BCUT2D eigenvalue weighted by Crippen LogP contribution is -1.94. The van der Waals surface area contributed by atoms with Crippen LogP contribution in [-0.2, 0) is 0 Å². The highest BCUT2D eigenvalue weighted by Crippen LogP contribution is 2.34. The summed E-state index contributed by atoms with van der Waals surface area (Å²) in [5.41, 5.74) is 8.49. The van der Waals surface area contributed by atoms with Gasteiger partial charge in [-0.15, -0.1) is 0 Å². The summed E-state index contributed by atoms with van der Waals surface area (Å²) in [4.78, 5) is 0. The number of benzene rings is 2. The average Bonchev–Trinajstić information content (AvgIpc) is 2.30. The van der Waals surface area contributed by atoms with Crippen LogP contribution in [0, 0.1) is 0 Å². The normalized spacial score (nSPS) is 10.1. The summed E-state index contributed by atoms with van der Waals surface area (Å²) in [7, 11) is 1.62. The van der Waals surface area contributed by atoms with Crippen LogP contribution in [0.25, 0.3) is 11.1 Å². The van der Waals surface area contributed by atoms with E-state index in [2.05, 4.69) is 0 Å². The van der Waals surface area contributed by atoms with Gasteiger partial charge in [-0.3, -0.25) is 0 Å². The Kier molecular flexibility index (Phi) is 3.02. The van der Waals surface area contributed by atoms with Gasteiger partial charge in [0.2, 0.25) is 0 Å². The van der Waals surface area contributed by atoms with Crippen molar-refractivity contribution in [2.45, 2.75) is 0 Å². The minimum absolute atomic E-state index is 0.634. The first-order valence-corrected chi connectivity index (χ1v) is 5.28. The number of hydrogen-bond donors (Lipinski definition) is 1. The lowest BCUT2D eigenvalue weighted by Gasteiger charge is -2.10. The van der Waals surface area contributed by atoms with Gasteiger partial charge in [0.1, 0.15) is 5.75 Å². The predicted molar refractivity (Wildman–Crippen MR) is 67.9 cm³/mol. The van der Waals surface area contributed by atoms with Gasteiger partial charge in [0.25, 0.3) is 0 Å². The number of anilines is 1. The number of hydrogen-bond acceptors (Lipinski definition) is 2. The maximum atomic E-state index is 5.85. The molecule has 0 aliphatic heterocycles. The van der Waals surface area contributed by atoms with E-state index in [1.165, 1.54) is 0 Å². The molecule has 0 aliphatic carbocycles. The fraction of sp³-hybridized carbons (Fsp3) is 0.0769. The zero-order valence-electron chi connectivity index (χ0n) is 8.91. The van der Waals surface area contributed by atoms with Gasteiger partial charge in [0.15, 0.2) is 0 Å². The molecule has 0 heterocycles. The average molecular weight is 234 g/mol. The molecule has 0 atom stereocenters. The van der Waals surface area contributed by atoms with E-state index in [9.17, 15) is 0 Å². The number of nitrogen functional groups attached to an aromatic ring is 1. The van der Waals surface area contributed by atoms with Crippen molar-refractivity contribution in [3.63, 3.8) is 0 Å². The van der Waals surface area contributed by atoms with E-state index in [0.29, 0.717) is 16.5 Å². The second-order valence-electron chi connectivity index (χ2n) is 3.43. The van der Waals surface area contributed by atoms with E-state index in [-0.39, 0.29) is 0 Å². The van der Waals surface area contributed by atoms with Crippen molar-refractivity contribution in [2.75, 3.05) is 12.8 Å². The van der Waals surface area contributed by atoms with Crippen molar-refractivity contribution in [3.8, 4) is 16.9 Å². The largest absolute Gasteiger partial charge is 0.494 e. The molecular weight excluding hydrogens is 222 g/mol. The standard InChI is InChI=1S/C13H12ClNO/c1-16-13-11(3-2-4-12(13)15)9-5-7-10(14)8-6-9/h2-8H,15H2,1H3. The summed E-state index contributed by atoms with van der Waals surface area (Å²) in [6, 6.07) is 13.3. The first-order valence-electron chi connectivity index (χ1n) is 4.91. The van der Waals surface area contributed by atoms with Crippen LogP contribution >= 0.6 is 11.6 Å². The molecule has 3 heteroatoms. The fourth-order valence-corrected chi connectivity index (χ4v) is 1.77. The van der Waals surface area contributed by atoms with Gasteiger partial charge in [-0.1, -0.05) is 35.9 Å². The lowest BCUT2D eigenvalue weighted by atomic mass is 10.0. The van der Waals surface area contributed by atoms with Crippen LogP contribution in [0.4, 0.5) is 5.69 Å². The first-order chi connectivity index (χ1) is 7.72. The van der Waals surface area contributed by atoms with Crippen molar-refractivity contribution >= 4 is 17.3 Å². The molecule has 0 saturated heterocycles. The summed E-state index contributed by atoms with van der Waals surface area (Å²) in [5.74, 6) is 0.699. The number of rotatable bonds is 2. The molecular formula is C13H12ClNO. The molecule has 2 nitrogen and oxygen atoms in total. The summed E-state index contributed by atoms with van der Waals surface area (Å²) in [5, 5.41) is 0.714. The van der Waals surface area contributed by atoms with E-state index in [1.54, 1.807) is 7.11 Å². The summed E-state index contributed by atoms with van der Waals surface area (Å²) in [6.45, 7) is 0. The molecule has 0 amide bonds. The van der Waals surface area contributed by atoms with Crippen molar-refractivity contribution in [3.05, 3.63) is 47.5 Å². The quantitative estimate of drug-likeness (QED) is 0.805. The van der Waals surface area contributed by atoms with Crippen LogP contribution in [0.2, 0.25) is 5.02 Å². The van der Waals surface area contributed by atoms with Crippen LogP contribution in [-0.4, -0.2) is 7.11 Å². The third-order valence-electron chi connectivity index (χ3n) is 2.40. The van der Waals surface area contributed by atoms with Gasteiger partial charge in [0.05, 0.1) is 12.8 Å². The third kappa shape index (κ3) is 1.97. The summed E-state index contributed by atoms with van der Waals surface area (Å²) in [6.07, 6.45) is 0. The van der Waals surface area contributed by atoms with E-state index < -0.39 is 0 Å². The van der Waals surface area contributed by atoms with Crippen LogP contribution in [0.15, 0.2) is 42.5 Å². The molecule has 0 saturated carbocycles. The molecule has 2 N–H and O–H groups in total. The van der Waals surface area contributed by atoms with Crippen LogP contribution < -0.4 is 10.5 Å². The van der Waals surface area contributed by atoms with E-state index in [4.69, 9.17) is 22.1 Å². The maximum absolute atomic E-state index is 5.85. The molecule has 82 valence electrons. The molecule has 0 unspecified atom stereocenters. The SMILES string of the molecule is COc1c(N)cccc1-c1ccc(Cl)cc1. The van der Waals surface area contributed by atoms with Gasteiger partial charge < -0.3 is 10.5 Å². The van der Waals surface area contributed by atoms with E-state index in [0.717, 1.165) is 11.1 Å². The van der Waals surface area contributed by atoms with Gasteiger partial charge in [0, 0.05) is 10.6 Å². The van der Waals surface area contributed by atoms with Crippen molar-refractivity contribution in [2.24, 2.45) is 0 Å².